The lowest BCUT2D eigenvalue weighted by atomic mass is 9.82. The normalized spacial score (nSPS) is 22.5. The van der Waals surface area contributed by atoms with Crippen molar-refractivity contribution in [1.29, 1.82) is 0 Å². The van der Waals surface area contributed by atoms with Crippen LogP contribution in [0.15, 0.2) is 70.7 Å². The fraction of sp³-hybridized carbons (Fsp3) is 0.400. The molecule has 0 saturated carbocycles. The van der Waals surface area contributed by atoms with Gasteiger partial charge in [-0.2, -0.15) is 0 Å². The molecular weight excluding hydrogens is 384 g/mol. The Morgan fingerprint density at radius 2 is 2.27 bits per heavy atom. The minimum absolute atomic E-state index is 0.220. The lowest BCUT2D eigenvalue weighted by Gasteiger charge is -2.35. The van der Waals surface area contributed by atoms with Crippen molar-refractivity contribution in [3.8, 4) is 0 Å². The summed E-state index contributed by atoms with van der Waals surface area (Å²) in [7, 11) is 2.13. The summed E-state index contributed by atoms with van der Waals surface area (Å²) < 4.78 is 11.9. The van der Waals surface area contributed by atoms with Crippen molar-refractivity contribution in [2.24, 2.45) is 5.92 Å². The van der Waals surface area contributed by atoms with Crippen molar-refractivity contribution in [2.75, 3.05) is 32.4 Å². The van der Waals surface area contributed by atoms with Crippen LogP contribution in [0.25, 0.3) is 0 Å². The number of nitrogens with zero attached hydrogens (tertiary/aromatic N) is 1. The van der Waals surface area contributed by atoms with Crippen molar-refractivity contribution in [3.05, 3.63) is 70.7 Å². The summed E-state index contributed by atoms with van der Waals surface area (Å²) in [6, 6.07) is 0. The summed E-state index contributed by atoms with van der Waals surface area (Å²) in [4.78, 5) is 2.31. The quantitative estimate of drug-likeness (QED) is 0.210. The van der Waals surface area contributed by atoms with E-state index in [1.165, 1.54) is 11.1 Å². The van der Waals surface area contributed by atoms with Gasteiger partial charge in [0.15, 0.2) is 0 Å². The van der Waals surface area contributed by atoms with E-state index in [0.29, 0.717) is 5.03 Å². The first-order chi connectivity index (χ1) is 12.5. The number of likely N-dealkylation sites (N-methyl/N-ethyl adjacent to an activating group) is 1. The third-order valence-electron chi connectivity index (χ3n) is 4.01. The number of rotatable bonds is 10. The van der Waals surface area contributed by atoms with Gasteiger partial charge in [0.2, 0.25) is 0 Å². The Labute approximate surface area is 172 Å². The SMILES string of the molecule is C=C/C(=C\C=C\SNCCCSO)C1CN(C)CC(=C\C)/C1=C\C(=C)Cl. The number of hydrogen-bond donors (Lipinski definition) is 2. The Morgan fingerprint density at radius 3 is 2.88 bits per heavy atom. The predicted molar refractivity (Wildman–Crippen MR) is 121 cm³/mol. The average molecular weight is 413 g/mol. The van der Waals surface area contributed by atoms with Crippen LogP contribution in [0.4, 0.5) is 0 Å². The summed E-state index contributed by atoms with van der Waals surface area (Å²) in [6.07, 6.45) is 11.1. The van der Waals surface area contributed by atoms with Crippen LogP contribution in [0.3, 0.4) is 0 Å². The number of hydrogen-bond acceptors (Lipinski definition) is 5. The second-order valence-corrected chi connectivity index (χ2v) is 7.96. The van der Waals surface area contributed by atoms with Gasteiger partial charge < -0.3 is 9.45 Å². The van der Waals surface area contributed by atoms with Crippen molar-refractivity contribution in [2.45, 2.75) is 13.3 Å². The molecule has 0 bridgehead atoms. The molecule has 1 aliphatic heterocycles. The summed E-state index contributed by atoms with van der Waals surface area (Å²) in [5.74, 6) is 0.971. The van der Waals surface area contributed by atoms with E-state index in [4.69, 9.17) is 16.2 Å². The monoisotopic (exact) mass is 412 g/mol. The van der Waals surface area contributed by atoms with Gasteiger partial charge in [-0.1, -0.05) is 61.0 Å². The molecule has 0 aliphatic carbocycles. The predicted octanol–water partition coefficient (Wildman–Crippen LogP) is 5.63. The van der Waals surface area contributed by atoms with Gasteiger partial charge in [0.05, 0.1) is 0 Å². The average Bonchev–Trinajstić information content (AvgIpc) is 2.61. The fourth-order valence-electron chi connectivity index (χ4n) is 2.82. The third-order valence-corrected chi connectivity index (χ3v) is 5.26. The molecule has 144 valence electrons. The first-order valence-corrected chi connectivity index (χ1v) is 10.8. The van der Waals surface area contributed by atoms with Crippen molar-refractivity contribution in [1.82, 2.24) is 9.62 Å². The molecular formula is C20H29ClN2OS2. The number of piperidine rings is 1. The largest absolute Gasteiger partial charge is 0.330 e. The minimum atomic E-state index is 0.220. The van der Waals surface area contributed by atoms with E-state index >= 15 is 0 Å². The molecule has 6 heteroatoms. The van der Waals surface area contributed by atoms with Crippen molar-refractivity contribution < 1.29 is 4.55 Å². The third kappa shape index (κ3) is 8.33. The molecule has 1 heterocycles. The second-order valence-electron chi connectivity index (χ2n) is 6.01. The molecule has 2 N–H and O–H groups in total. The zero-order valence-corrected chi connectivity index (χ0v) is 18.0. The van der Waals surface area contributed by atoms with Crippen LogP contribution in [0.2, 0.25) is 0 Å². The van der Waals surface area contributed by atoms with Gasteiger partial charge in [0.1, 0.15) is 0 Å². The first kappa shape index (κ1) is 23.3. The van der Waals surface area contributed by atoms with Gasteiger partial charge in [-0.3, -0.25) is 4.72 Å². The molecule has 1 rings (SSSR count). The fourth-order valence-corrected chi connectivity index (χ4v) is 3.72. The Hall–Kier alpha value is -0.690. The Bertz CT molecular complexity index is 597. The molecule has 1 saturated heterocycles. The Morgan fingerprint density at radius 1 is 1.50 bits per heavy atom. The Kier molecular flexibility index (Phi) is 12.1. The lowest BCUT2D eigenvalue weighted by molar-refractivity contribution is 0.311. The maximum atomic E-state index is 8.68. The number of likely N-dealkylation sites (tertiary alicyclic amines) is 1. The van der Waals surface area contributed by atoms with Crippen LogP contribution < -0.4 is 4.72 Å². The molecule has 0 aromatic heterocycles. The smallest absolute Gasteiger partial charge is 0.0337 e. The number of halogens is 1. The molecule has 0 spiro atoms. The van der Waals surface area contributed by atoms with E-state index in [-0.39, 0.29) is 5.92 Å². The van der Waals surface area contributed by atoms with E-state index in [0.717, 1.165) is 49.4 Å². The van der Waals surface area contributed by atoms with Gasteiger partial charge in [0.25, 0.3) is 0 Å². The maximum Gasteiger partial charge on any atom is 0.0337 e. The van der Waals surface area contributed by atoms with Gasteiger partial charge in [-0.25, -0.2) is 0 Å². The van der Waals surface area contributed by atoms with Gasteiger partial charge in [-0.05, 0) is 60.6 Å². The molecule has 26 heavy (non-hydrogen) atoms. The van der Waals surface area contributed by atoms with E-state index in [9.17, 15) is 0 Å². The number of nitrogens with one attached hydrogen (secondary N) is 1. The molecule has 0 aromatic carbocycles. The molecule has 1 atom stereocenters. The van der Waals surface area contributed by atoms with Gasteiger partial charge >= 0.3 is 0 Å². The highest BCUT2D eigenvalue weighted by Gasteiger charge is 2.27. The Balaban J connectivity index is 2.84. The molecule has 0 radical (unpaired) electrons. The highest BCUT2D eigenvalue weighted by Crippen LogP contribution is 2.33. The second kappa shape index (κ2) is 13.5. The topological polar surface area (TPSA) is 35.5 Å². The molecule has 3 nitrogen and oxygen atoms in total. The van der Waals surface area contributed by atoms with Crippen LogP contribution in [0.1, 0.15) is 13.3 Å². The van der Waals surface area contributed by atoms with E-state index in [1.54, 1.807) is 11.9 Å². The van der Waals surface area contributed by atoms with Crippen LogP contribution in [0, 0.1) is 5.92 Å². The molecule has 1 fully saturated rings. The molecule has 0 aromatic rings. The molecule has 0 amide bonds. The van der Waals surface area contributed by atoms with E-state index in [1.807, 2.05) is 23.6 Å². The van der Waals surface area contributed by atoms with Gasteiger partial charge in [0, 0.05) is 36.3 Å². The summed E-state index contributed by atoms with van der Waals surface area (Å²) in [6.45, 7) is 12.6. The van der Waals surface area contributed by atoms with Crippen LogP contribution in [0.5, 0.6) is 0 Å². The minimum Gasteiger partial charge on any atom is -0.330 e. The number of allylic oxidation sites excluding steroid dienone is 6. The lowest BCUT2D eigenvalue weighted by Crippen LogP contribution is -2.36. The van der Waals surface area contributed by atoms with Crippen LogP contribution >= 0.6 is 35.6 Å². The summed E-state index contributed by atoms with van der Waals surface area (Å²) >= 11 is 8.51. The van der Waals surface area contributed by atoms with Gasteiger partial charge in [-0.15, -0.1) is 0 Å². The molecule has 1 unspecified atom stereocenters. The van der Waals surface area contributed by atoms with Crippen LogP contribution in [-0.4, -0.2) is 41.9 Å². The van der Waals surface area contributed by atoms with Crippen molar-refractivity contribution in [3.63, 3.8) is 0 Å². The van der Waals surface area contributed by atoms with Crippen molar-refractivity contribution >= 4 is 35.6 Å². The maximum absolute atomic E-state index is 8.68. The standard InChI is InChI=1S/C20H29ClN2OS2/c1-5-17(9-7-11-25-22-10-8-12-26-24)20-15-23(4)14-18(6-2)19(20)13-16(3)21/h5-7,9,11,13,20,22,24H,1,3,8,10,12,14-15H2,2,4H3/b11-7+,17-9+,18-6+,19-13+. The highest BCUT2D eigenvalue weighted by molar-refractivity contribution is 8.00. The van der Waals surface area contributed by atoms with Crippen LogP contribution in [-0.2, 0) is 0 Å². The summed E-state index contributed by atoms with van der Waals surface area (Å²) in [5, 5.41) is 2.57. The first-order valence-electron chi connectivity index (χ1n) is 8.57. The molecule has 1 aliphatic rings. The highest BCUT2D eigenvalue weighted by atomic mass is 35.5. The van der Waals surface area contributed by atoms with E-state index < -0.39 is 0 Å². The zero-order chi connectivity index (χ0) is 19.4. The summed E-state index contributed by atoms with van der Waals surface area (Å²) in [5.41, 5.74) is 3.66. The zero-order valence-electron chi connectivity index (χ0n) is 15.6. The van der Waals surface area contributed by atoms with E-state index in [2.05, 4.69) is 48.9 Å².